The van der Waals surface area contributed by atoms with Crippen LogP contribution in [0.15, 0.2) is 0 Å². The molecular weight excluding hydrogens is 100 g/mol. The van der Waals surface area contributed by atoms with Gasteiger partial charge in [0.2, 0.25) is 0 Å². The number of epoxide rings is 1. The monoisotopic (exact) mass is 114 g/mol. The molecule has 0 amide bonds. The molecule has 0 unspecified atom stereocenters. The second-order valence-corrected chi connectivity index (χ2v) is 2.45. The number of hydrogen-bond acceptors (Lipinski definition) is 1. The Kier molecular flexibility index (Phi) is 2.34. The van der Waals surface area contributed by atoms with Crippen molar-refractivity contribution in [2.75, 3.05) is 6.61 Å². The highest BCUT2D eigenvalue weighted by molar-refractivity contribution is 4.67. The molecule has 0 saturated carbocycles. The molecule has 48 valence electrons. The van der Waals surface area contributed by atoms with E-state index in [1.807, 2.05) is 0 Å². The molecule has 1 heterocycles. The molecule has 0 N–H and O–H groups in total. The summed E-state index contributed by atoms with van der Waals surface area (Å²) < 4.78 is 5.06. The van der Waals surface area contributed by atoms with Crippen LogP contribution in [0.25, 0.3) is 0 Å². The van der Waals surface area contributed by atoms with Gasteiger partial charge in [-0.1, -0.05) is 26.2 Å². The molecule has 0 bridgehead atoms. The van der Waals surface area contributed by atoms with Gasteiger partial charge in [-0.05, 0) is 6.42 Å². The van der Waals surface area contributed by atoms with Crippen LogP contribution in [0.2, 0.25) is 0 Å². The summed E-state index contributed by atoms with van der Waals surface area (Å²) in [6.45, 7) is 3.26. The Balaban J connectivity index is 1.74. The van der Waals surface area contributed by atoms with Gasteiger partial charge in [-0.3, -0.25) is 0 Å². The fourth-order valence-corrected chi connectivity index (χ4v) is 0.857. The molecule has 1 rings (SSSR count). The van der Waals surface area contributed by atoms with Gasteiger partial charge in [0.1, 0.15) is 0 Å². The van der Waals surface area contributed by atoms with Crippen LogP contribution >= 0.6 is 0 Å². The van der Waals surface area contributed by atoms with E-state index in [1.54, 1.807) is 0 Å². The van der Waals surface area contributed by atoms with Crippen LogP contribution < -0.4 is 0 Å². The summed E-state index contributed by atoms with van der Waals surface area (Å²) in [4.78, 5) is 0. The first kappa shape index (κ1) is 6.09. The molecule has 0 aromatic carbocycles. The lowest BCUT2D eigenvalue weighted by atomic mass is 10.2. The topological polar surface area (TPSA) is 12.5 Å². The summed E-state index contributed by atoms with van der Waals surface area (Å²) in [5.41, 5.74) is 0. The van der Waals surface area contributed by atoms with Gasteiger partial charge < -0.3 is 4.74 Å². The SMILES string of the molecule is CCCCC[C@@H]1CO1. The van der Waals surface area contributed by atoms with Crippen molar-refractivity contribution in [3.05, 3.63) is 0 Å². The molecule has 1 nitrogen and oxygen atoms in total. The van der Waals surface area contributed by atoms with Crippen LogP contribution in [-0.4, -0.2) is 12.7 Å². The predicted octanol–water partition coefficient (Wildman–Crippen LogP) is 1.97. The maximum atomic E-state index is 5.06. The van der Waals surface area contributed by atoms with Crippen molar-refractivity contribution in [2.45, 2.75) is 38.7 Å². The van der Waals surface area contributed by atoms with Gasteiger partial charge in [0.15, 0.2) is 0 Å². The normalized spacial score (nSPS) is 25.9. The number of unbranched alkanes of at least 4 members (excludes halogenated alkanes) is 2. The summed E-state index contributed by atoms with van der Waals surface area (Å²) in [6.07, 6.45) is 6.02. The Morgan fingerprint density at radius 2 is 2.25 bits per heavy atom. The average Bonchev–Trinajstić information content (AvgIpc) is 2.51. The van der Waals surface area contributed by atoms with E-state index in [0.29, 0.717) is 6.10 Å². The highest BCUT2D eigenvalue weighted by atomic mass is 16.6. The fourth-order valence-electron chi connectivity index (χ4n) is 0.857. The number of ether oxygens (including phenoxy) is 1. The Morgan fingerprint density at radius 3 is 2.75 bits per heavy atom. The number of rotatable bonds is 4. The lowest BCUT2D eigenvalue weighted by Crippen LogP contribution is -1.83. The minimum absolute atomic E-state index is 0.654. The molecule has 0 spiro atoms. The van der Waals surface area contributed by atoms with Crippen molar-refractivity contribution in [2.24, 2.45) is 0 Å². The fraction of sp³-hybridized carbons (Fsp3) is 1.00. The molecule has 1 aliphatic rings. The molecule has 1 atom stereocenters. The van der Waals surface area contributed by atoms with Crippen molar-refractivity contribution < 1.29 is 4.74 Å². The van der Waals surface area contributed by atoms with E-state index >= 15 is 0 Å². The lowest BCUT2D eigenvalue weighted by molar-refractivity contribution is 0.389. The third-order valence-electron chi connectivity index (χ3n) is 1.53. The van der Waals surface area contributed by atoms with E-state index in [2.05, 4.69) is 6.92 Å². The molecule has 8 heavy (non-hydrogen) atoms. The summed E-state index contributed by atoms with van der Waals surface area (Å²) in [7, 11) is 0. The highest BCUT2D eigenvalue weighted by Gasteiger charge is 2.20. The summed E-state index contributed by atoms with van der Waals surface area (Å²) >= 11 is 0. The van der Waals surface area contributed by atoms with Gasteiger partial charge in [-0.25, -0.2) is 0 Å². The first-order valence-corrected chi connectivity index (χ1v) is 3.55. The largest absolute Gasteiger partial charge is 0.373 e. The van der Waals surface area contributed by atoms with Crippen LogP contribution in [0.5, 0.6) is 0 Å². The standard InChI is InChI=1S/C7H14O/c1-2-3-4-5-7-6-8-7/h7H,2-6H2,1H3/t7-/m1/s1. The highest BCUT2D eigenvalue weighted by Crippen LogP contribution is 2.16. The van der Waals surface area contributed by atoms with E-state index in [1.165, 1.54) is 25.7 Å². The molecule has 1 fully saturated rings. The second-order valence-electron chi connectivity index (χ2n) is 2.45. The summed E-state index contributed by atoms with van der Waals surface area (Å²) in [5, 5.41) is 0. The van der Waals surface area contributed by atoms with Gasteiger partial charge in [-0.15, -0.1) is 0 Å². The minimum atomic E-state index is 0.654. The zero-order valence-corrected chi connectivity index (χ0v) is 5.52. The van der Waals surface area contributed by atoms with Gasteiger partial charge in [0.25, 0.3) is 0 Å². The van der Waals surface area contributed by atoms with Gasteiger partial charge >= 0.3 is 0 Å². The van der Waals surface area contributed by atoms with E-state index in [9.17, 15) is 0 Å². The van der Waals surface area contributed by atoms with Gasteiger partial charge in [-0.2, -0.15) is 0 Å². The van der Waals surface area contributed by atoms with Crippen LogP contribution in [-0.2, 0) is 4.74 Å². The maximum Gasteiger partial charge on any atom is 0.0810 e. The molecule has 1 aliphatic heterocycles. The van der Waals surface area contributed by atoms with Crippen molar-refractivity contribution in [3.63, 3.8) is 0 Å². The van der Waals surface area contributed by atoms with E-state index in [-0.39, 0.29) is 0 Å². The van der Waals surface area contributed by atoms with E-state index in [4.69, 9.17) is 4.74 Å². The molecule has 0 aromatic heterocycles. The first-order chi connectivity index (χ1) is 3.93. The van der Waals surface area contributed by atoms with Gasteiger partial charge in [0, 0.05) is 0 Å². The molecule has 1 heteroatoms. The lowest BCUT2D eigenvalue weighted by Gasteiger charge is -1.90. The Hall–Kier alpha value is -0.0400. The second kappa shape index (κ2) is 3.08. The molecule has 1 saturated heterocycles. The van der Waals surface area contributed by atoms with E-state index in [0.717, 1.165) is 6.61 Å². The minimum Gasteiger partial charge on any atom is -0.373 e. The quantitative estimate of drug-likeness (QED) is 0.402. The molecular formula is C7H14O. The Morgan fingerprint density at radius 1 is 1.50 bits per heavy atom. The van der Waals surface area contributed by atoms with Crippen LogP contribution in [0.3, 0.4) is 0 Å². The van der Waals surface area contributed by atoms with Crippen molar-refractivity contribution in [3.8, 4) is 0 Å². The average molecular weight is 114 g/mol. The van der Waals surface area contributed by atoms with Crippen LogP contribution in [0, 0.1) is 0 Å². The van der Waals surface area contributed by atoms with Crippen molar-refractivity contribution in [1.29, 1.82) is 0 Å². The van der Waals surface area contributed by atoms with Crippen molar-refractivity contribution >= 4 is 0 Å². The summed E-state index contributed by atoms with van der Waals surface area (Å²) in [6, 6.07) is 0. The zero-order valence-electron chi connectivity index (χ0n) is 5.52. The molecule has 0 aromatic rings. The van der Waals surface area contributed by atoms with Gasteiger partial charge in [0.05, 0.1) is 12.7 Å². The predicted molar refractivity (Wildman–Crippen MR) is 33.9 cm³/mol. The van der Waals surface area contributed by atoms with Crippen LogP contribution in [0.1, 0.15) is 32.6 Å². The maximum absolute atomic E-state index is 5.06. The van der Waals surface area contributed by atoms with E-state index < -0.39 is 0 Å². The molecule has 0 radical (unpaired) electrons. The number of hydrogen-bond donors (Lipinski definition) is 0. The summed E-state index contributed by atoms with van der Waals surface area (Å²) in [5.74, 6) is 0. The van der Waals surface area contributed by atoms with Crippen molar-refractivity contribution in [1.82, 2.24) is 0 Å². The zero-order chi connectivity index (χ0) is 5.82. The molecule has 0 aliphatic carbocycles. The Bertz CT molecular complexity index is 57.4. The first-order valence-electron chi connectivity index (χ1n) is 3.55. The van der Waals surface area contributed by atoms with Crippen LogP contribution in [0.4, 0.5) is 0 Å². The third kappa shape index (κ3) is 2.31. The smallest absolute Gasteiger partial charge is 0.0810 e. The third-order valence-corrected chi connectivity index (χ3v) is 1.53. The Labute approximate surface area is 51.0 Å².